The van der Waals surface area contributed by atoms with Crippen LogP contribution in [0.1, 0.15) is 17.7 Å². The molecule has 0 bridgehead atoms. The summed E-state index contributed by atoms with van der Waals surface area (Å²) in [4.78, 5) is 0.985. The molecular formula is C11H16BrNO4S2. The molecule has 0 atom stereocenters. The number of ether oxygens (including phenoxy) is 1. The lowest BCUT2D eigenvalue weighted by molar-refractivity contribution is -0.0588. The van der Waals surface area contributed by atoms with Gasteiger partial charge in [0.15, 0.2) is 0 Å². The molecule has 0 aliphatic carbocycles. The van der Waals surface area contributed by atoms with Gasteiger partial charge in [-0.25, -0.2) is 13.1 Å². The molecule has 2 rings (SSSR count). The Kier molecular flexibility index (Phi) is 4.69. The number of sulfonamides is 1. The zero-order valence-electron chi connectivity index (χ0n) is 10.5. The van der Waals surface area contributed by atoms with Crippen molar-refractivity contribution in [1.29, 1.82) is 0 Å². The van der Waals surface area contributed by atoms with E-state index in [9.17, 15) is 13.5 Å². The fourth-order valence-electron chi connectivity index (χ4n) is 1.93. The van der Waals surface area contributed by atoms with E-state index in [0.717, 1.165) is 8.66 Å². The van der Waals surface area contributed by atoms with E-state index in [-0.39, 0.29) is 11.4 Å². The van der Waals surface area contributed by atoms with Crippen molar-refractivity contribution in [1.82, 2.24) is 4.72 Å². The summed E-state index contributed by atoms with van der Waals surface area (Å²) >= 11 is 4.65. The Bertz CT molecular complexity index is 549. The van der Waals surface area contributed by atoms with Crippen LogP contribution in [0.4, 0.5) is 0 Å². The molecule has 1 fully saturated rings. The predicted octanol–water partition coefficient (Wildman–Crippen LogP) is 1.64. The molecule has 1 saturated heterocycles. The van der Waals surface area contributed by atoms with E-state index in [2.05, 4.69) is 20.7 Å². The van der Waals surface area contributed by atoms with Gasteiger partial charge >= 0.3 is 0 Å². The fraction of sp³-hybridized carbons (Fsp3) is 0.636. The highest BCUT2D eigenvalue weighted by Crippen LogP contribution is 2.30. The molecule has 8 heteroatoms. The number of thiophene rings is 1. The second-order valence-electron chi connectivity index (χ2n) is 4.63. The molecule has 2 N–H and O–H groups in total. The van der Waals surface area contributed by atoms with Crippen LogP contribution in [0.5, 0.6) is 0 Å². The SMILES string of the molecule is Cc1sc(Br)cc1S(=O)(=O)NCC1(O)CCOCC1. The van der Waals surface area contributed by atoms with Crippen molar-refractivity contribution < 1.29 is 18.3 Å². The molecule has 0 unspecified atom stereocenters. The van der Waals surface area contributed by atoms with E-state index >= 15 is 0 Å². The average Bonchev–Trinajstić information content (AvgIpc) is 2.68. The lowest BCUT2D eigenvalue weighted by Gasteiger charge is -2.31. The first-order valence-electron chi connectivity index (χ1n) is 5.88. The van der Waals surface area contributed by atoms with Crippen molar-refractivity contribution in [3.8, 4) is 0 Å². The van der Waals surface area contributed by atoms with Crippen molar-refractivity contribution in [2.45, 2.75) is 30.3 Å². The molecule has 19 heavy (non-hydrogen) atoms. The van der Waals surface area contributed by atoms with E-state index in [1.165, 1.54) is 11.3 Å². The van der Waals surface area contributed by atoms with Gasteiger partial charge in [0, 0.05) is 37.5 Å². The largest absolute Gasteiger partial charge is 0.388 e. The van der Waals surface area contributed by atoms with Crippen LogP contribution in [0.15, 0.2) is 14.7 Å². The third-order valence-corrected chi connectivity index (χ3v) is 6.36. The van der Waals surface area contributed by atoms with Crippen LogP contribution < -0.4 is 4.72 Å². The zero-order chi connectivity index (χ0) is 14.1. The van der Waals surface area contributed by atoms with Crippen LogP contribution >= 0.6 is 27.3 Å². The first kappa shape index (κ1) is 15.4. The Morgan fingerprint density at radius 3 is 2.68 bits per heavy atom. The molecule has 1 aliphatic rings. The smallest absolute Gasteiger partial charge is 0.241 e. The Morgan fingerprint density at radius 1 is 1.53 bits per heavy atom. The topological polar surface area (TPSA) is 75.6 Å². The molecule has 0 aromatic carbocycles. The Labute approximate surface area is 125 Å². The third kappa shape index (κ3) is 3.77. The first-order chi connectivity index (χ1) is 8.82. The average molecular weight is 370 g/mol. The second kappa shape index (κ2) is 5.79. The molecule has 1 aromatic heterocycles. The summed E-state index contributed by atoms with van der Waals surface area (Å²) in [5, 5.41) is 10.2. The van der Waals surface area contributed by atoms with Gasteiger partial charge in [0.25, 0.3) is 0 Å². The number of rotatable bonds is 4. The minimum absolute atomic E-state index is 0.0194. The first-order valence-corrected chi connectivity index (χ1v) is 8.97. The number of aliphatic hydroxyl groups is 1. The fourth-order valence-corrected chi connectivity index (χ4v) is 5.46. The number of aryl methyl sites for hydroxylation is 1. The molecule has 0 amide bonds. The van der Waals surface area contributed by atoms with E-state index in [1.807, 2.05) is 0 Å². The van der Waals surface area contributed by atoms with Gasteiger partial charge in [0.05, 0.1) is 14.3 Å². The van der Waals surface area contributed by atoms with Gasteiger partial charge in [-0.3, -0.25) is 0 Å². The molecule has 5 nitrogen and oxygen atoms in total. The molecular weight excluding hydrogens is 354 g/mol. The van der Waals surface area contributed by atoms with Crippen molar-refractivity contribution in [2.24, 2.45) is 0 Å². The molecule has 0 radical (unpaired) electrons. The maximum atomic E-state index is 12.2. The minimum Gasteiger partial charge on any atom is -0.388 e. The van der Waals surface area contributed by atoms with E-state index in [1.54, 1.807) is 13.0 Å². The van der Waals surface area contributed by atoms with Gasteiger partial charge in [-0.15, -0.1) is 11.3 Å². The summed E-state index contributed by atoms with van der Waals surface area (Å²) in [5.74, 6) is 0. The standard InChI is InChI=1S/C11H16BrNO4S2/c1-8-9(6-10(12)18-8)19(15,16)13-7-11(14)2-4-17-5-3-11/h6,13-14H,2-5,7H2,1H3. The molecule has 2 heterocycles. The van der Waals surface area contributed by atoms with Crippen molar-refractivity contribution in [2.75, 3.05) is 19.8 Å². The summed E-state index contributed by atoms with van der Waals surface area (Å²) in [7, 11) is -3.58. The van der Waals surface area contributed by atoms with Crippen molar-refractivity contribution in [3.63, 3.8) is 0 Å². The highest BCUT2D eigenvalue weighted by Gasteiger charge is 2.32. The second-order valence-corrected chi connectivity index (χ2v) is 9.00. The van der Waals surface area contributed by atoms with Crippen LogP contribution in [-0.4, -0.2) is 38.9 Å². The summed E-state index contributed by atoms with van der Waals surface area (Å²) in [6, 6.07) is 1.58. The minimum atomic E-state index is -3.58. The highest BCUT2D eigenvalue weighted by atomic mass is 79.9. The summed E-state index contributed by atoms with van der Waals surface area (Å²) in [5.41, 5.74) is -1.01. The molecule has 1 aromatic rings. The third-order valence-electron chi connectivity index (χ3n) is 3.15. The van der Waals surface area contributed by atoms with E-state index in [0.29, 0.717) is 26.1 Å². The maximum absolute atomic E-state index is 12.2. The number of halogens is 1. The zero-order valence-corrected chi connectivity index (χ0v) is 13.7. The highest BCUT2D eigenvalue weighted by molar-refractivity contribution is 9.11. The van der Waals surface area contributed by atoms with Crippen LogP contribution in [0.3, 0.4) is 0 Å². The van der Waals surface area contributed by atoms with Gasteiger partial charge < -0.3 is 9.84 Å². The van der Waals surface area contributed by atoms with Crippen LogP contribution in [0.25, 0.3) is 0 Å². The van der Waals surface area contributed by atoms with Gasteiger partial charge in [0.2, 0.25) is 10.0 Å². The molecule has 0 spiro atoms. The predicted molar refractivity (Wildman–Crippen MR) is 76.9 cm³/mol. The van der Waals surface area contributed by atoms with E-state index < -0.39 is 15.6 Å². The number of hydrogen-bond acceptors (Lipinski definition) is 5. The van der Waals surface area contributed by atoms with Crippen LogP contribution in [0.2, 0.25) is 0 Å². The van der Waals surface area contributed by atoms with Gasteiger partial charge in [-0.2, -0.15) is 0 Å². The summed E-state index contributed by atoms with van der Waals surface area (Å²) in [6.07, 6.45) is 0.893. The van der Waals surface area contributed by atoms with Crippen molar-refractivity contribution >= 4 is 37.3 Å². The molecule has 108 valence electrons. The van der Waals surface area contributed by atoms with Crippen LogP contribution in [-0.2, 0) is 14.8 Å². The van der Waals surface area contributed by atoms with Gasteiger partial charge in [-0.05, 0) is 28.9 Å². The van der Waals surface area contributed by atoms with Crippen molar-refractivity contribution in [3.05, 3.63) is 14.7 Å². The van der Waals surface area contributed by atoms with Crippen LogP contribution in [0, 0.1) is 6.92 Å². The lowest BCUT2D eigenvalue weighted by Crippen LogP contribution is -2.46. The number of nitrogens with one attached hydrogen (secondary N) is 1. The molecule has 0 saturated carbocycles. The monoisotopic (exact) mass is 369 g/mol. The summed E-state index contributed by atoms with van der Waals surface area (Å²) in [6.45, 7) is 2.70. The molecule has 1 aliphatic heterocycles. The normalized spacial score (nSPS) is 19.5. The Balaban J connectivity index is 2.07. The Morgan fingerprint density at radius 2 is 2.16 bits per heavy atom. The maximum Gasteiger partial charge on any atom is 0.241 e. The lowest BCUT2D eigenvalue weighted by atomic mass is 9.95. The number of hydrogen-bond donors (Lipinski definition) is 2. The summed E-state index contributed by atoms with van der Waals surface area (Å²) < 4.78 is 32.8. The Hall–Kier alpha value is 0.01000. The van der Waals surface area contributed by atoms with Gasteiger partial charge in [-0.1, -0.05) is 0 Å². The van der Waals surface area contributed by atoms with E-state index in [4.69, 9.17) is 4.74 Å². The quantitative estimate of drug-likeness (QED) is 0.845. The van der Waals surface area contributed by atoms with Gasteiger partial charge in [0.1, 0.15) is 0 Å².